The van der Waals surface area contributed by atoms with Crippen LogP contribution in [0.15, 0.2) is 18.2 Å². The van der Waals surface area contributed by atoms with Crippen molar-refractivity contribution in [2.24, 2.45) is 0 Å². The predicted molar refractivity (Wildman–Crippen MR) is 53.7 cm³/mol. The fourth-order valence-electron chi connectivity index (χ4n) is 1.07. The SMILES string of the molecule is CCCC(=O)Nc1cccc(CO)n1. The number of anilines is 1. The molecular formula is C10H14N2O2. The van der Waals surface area contributed by atoms with Gasteiger partial charge < -0.3 is 10.4 Å². The molecule has 0 fully saturated rings. The van der Waals surface area contributed by atoms with Crippen molar-refractivity contribution in [3.05, 3.63) is 23.9 Å². The third kappa shape index (κ3) is 3.14. The summed E-state index contributed by atoms with van der Waals surface area (Å²) in [6, 6.07) is 5.16. The Morgan fingerprint density at radius 3 is 3.00 bits per heavy atom. The van der Waals surface area contributed by atoms with E-state index >= 15 is 0 Å². The Balaban J connectivity index is 2.62. The zero-order chi connectivity index (χ0) is 10.4. The van der Waals surface area contributed by atoms with Crippen molar-refractivity contribution in [3.63, 3.8) is 0 Å². The van der Waals surface area contributed by atoms with Crippen LogP contribution >= 0.6 is 0 Å². The minimum atomic E-state index is -0.114. The molecule has 0 aromatic carbocycles. The molecule has 76 valence electrons. The maximum atomic E-state index is 11.2. The number of hydrogen-bond donors (Lipinski definition) is 2. The molecule has 0 aliphatic carbocycles. The molecule has 0 saturated heterocycles. The van der Waals surface area contributed by atoms with Gasteiger partial charge in [-0.2, -0.15) is 0 Å². The van der Waals surface area contributed by atoms with Crippen molar-refractivity contribution in [2.45, 2.75) is 26.4 Å². The summed E-state index contributed by atoms with van der Waals surface area (Å²) in [5, 5.41) is 11.5. The lowest BCUT2D eigenvalue weighted by Crippen LogP contribution is -2.12. The van der Waals surface area contributed by atoms with Crippen LogP contribution in [0.1, 0.15) is 25.5 Å². The number of carbonyl (C=O) groups is 1. The van der Waals surface area contributed by atoms with Gasteiger partial charge in [0.15, 0.2) is 0 Å². The number of rotatable bonds is 4. The van der Waals surface area contributed by atoms with Crippen molar-refractivity contribution in [1.82, 2.24) is 4.98 Å². The summed E-state index contributed by atoms with van der Waals surface area (Å²) >= 11 is 0. The molecule has 0 saturated carbocycles. The number of nitrogens with one attached hydrogen (secondary N) is 1. The van der Waals surface area contributed by atoms with Gasteiger partial charge in [0.2, 0.25) is 5.91 Å². The van der Waals surface area contributed by atoms with Crippen LogP contribution in [0.3, 0.4) is 0 Å². The predicted octanol–water partition coefficient (Wildman–Crippen LogP) is 1.31. The quantitative estimate of drug-likeness (QED) is 0.759. The van der Waals surface area contributed by atoms with Gasteiger partial charge in [-0.25, -0.2) is 4.98 Å². The number of pyridine rings is 1. The number of aliphatic hydroxyl groups is 1. The van der Waals surface area contributed by atoms with E-state index in [2.05, 4.69) is 10.3 Å². The Kier molecular flexibility index (Phi) is 4.07. The molecule has 0 bridgehead atoms. The normalized spacial score (nSPS) is 9.86. The maximum Gasteiger partial charge on any atom is 0.225 e. The highest BCUT2D eigenvalue weighted by atomic mass is 16.3. The van der Waals surface area contributed by atoms with E-state index in [1.54, 1.807) is 18.2 Å². The number of amides is 1. The summed E-state index contributed by atoms with van der Waals surface area (Å²) < 4.78 is 0. The van der Waals surface area contributed by atoms with Crippen LogP contribution in [0.4, 0.5) is 5.82 Å². The molecule has 1 heterocycles. The fourth-order valence-corrected chi connectivity index (χ4v) is 1.07. The van der Waals surface area contributed by atoms with E-state index in [-0.39, 0.29) is 12.5 Å². The first-order valence-electron chi connectivity index (χ1n) is 4.63. The van der Waals surface area contributed by atoms with Crippen molar-refractivity contribution >= 4 is 11.7 Å². The highest BCUT2D eigenvalue weighted by Gasteiger charge is 2.01. The largest absolute Gasteiger partial charge is 0.390 e. The van der Waals surface area contributed by atoms with Crippen LogP contribution in [0, 0.1) is 0 Å². The van der Waals surface area contributed by atoms with Gasteiger partial charge in [-0.1, -0.05) is 13.0 Å². The third-order valence-electron chi connectivity index (χ3n) is 1.71. The summed E-state index contributed by atoms with van der Waals surface area (Å²) in [6.07, 6.45) is 1.30. The van der Waals surface area contributed by atoms with E-state index in [1.165, 1.54) is 0 Å². The lowest BCUT2D eigenvalue weighted by Gasteiger charge is -2.04. The zero-order valence-corrected chi connectivity index (χ0v) is 8.16. The van der Waals surface area contributed by atoms with Crippen molar-refractivity contribution in [3.8, 4) is 0 Å². The monoisotopic (exact) mass is 194 g/mol. The average molecular weight is 194 g/mol. The summed E-state index contributed by atoms with van der Waals surface area (Å²) in [5.41, 5.74) is 0.555. The standard InChI is InChI=1S/C10H14N2O2/c1-2-4-10(14)12-9-6-3-5-8(7-13)11-9/h3,5-6,13H,2,4,7H2,1H3,(H,11,12,14). The molecule has 1 amide bonds. The van der Waals surface area contributed by atoms with Crippen molar-refractivity contribution in [1.29, 1.82) is 0 Å². The van der Waals surface area contributed by atoms with Gasteiger partial charge in [0.05, 0.1) is 12.3 Å². The average Bonchev–Trinajstić information content (AvgIpc) is 2.18. The van der Waals surface area contributed by atoms with E-state index in [4.69, 9.17) is 5.11 Å². The molecule has 1 aromatic heterocycles. The summed E-state index contributed by atoms with van der Waals surface area (Å²) in [4.78, 5) is 15.2. The molecule has 14 heavy (non-hydrogen) atoms. The fraction of sp³-hybridized carbons (Fsp3) is 0.400. The second kappa shape index (κ2) is 5.34. The number of nitrogens with zero attached hydrogens (tertiary/aromatic N) is 1. The van der Waals surface area contributed by atoms with Gasteiger partial charge in [-0.15, -0.1) is 0 Å². The molecule has 4 nitrogen and oxygen atoms in total. The van der Waals surface area contributed by atoms with Crippen LogP contribution in [0.2, 0.25) is 0 Å². The van der Waals surface area contributed by atoms with Crippen molar-refractivity contribution in [2.75, 3.05) is 5.32 Å². The van der Waals surface area contributed by atoms with Crippen LogP contribution < -0.4 is 5.32 Å². The van der Waals surface area contributed by atoms with Crippen LogP contribution in [0.5, 0.6) is 0 Å². The van der Waals surface area contributed by atoms with E-state index < -0.39 is 0 Å². The van der Waals surface area contributed by atoms with E-state index in [9.17, 15) is 4.79 Å². The molecule has 0 aliphatic heterocycles. The molecule has 0 radical (unpaired) electrons. The topological polar surface area (TPSA) is 62.2 Å². The first kappa shape index (κ1) is 10.7. The lowest BCUT2D eigenvalue weighted by atomic mass is 10.3. The first-order valence-corrected chi connectivity index (χ1v) is 4.63. The van der Waals surface area contributed by atoms with Crippen molar-refractivity contribution < 1.29 is 9.90 Å². The Morgan fingerprint density at radius 2 is 2.36 bits per heavy atom. The summed E-state index contributed by atoms with van der Waals surface area (Å²) in [5.74, 6) is 0.449. The van der Waals surface area contributed by atoms with E-state index in [1.807, 2.05) is 6.92 Å². The molecule has 4 heteroatoms. The number of aliphatic hydroxyl groups excluding tert-OH is 1. The van der Waals surface area contributed by atoms with Crippen LogP contribution in [-0.4, -0.2) is 16.0 Å². The first-order chi connectivity index (χ1) is 6.76. The number of aromatic nitrogens is 1. The molecule has 0 atom stereocenters. The Labute approximate surface area is 83.0 Å². The van der Waals surface area contributed by atoms with Gasteiger partial charge in [0.25, 0.3) is 0 Å². The molecule has 0 unspecified atom stereocenters. The smallest absolute Gasteiger partial charge is 0.225 e. The van der Waals surface area contributed by atoms with Gasteiger partial charge in [0, 0.05) is 6.42 Å². The second-order valence-electron chi connectivity index (χ2n) is 2.97. The lowest BCUT2D eigenvalue weighted by molar-refractivity contribution is -0.116. The molecule has 1 aromatic rings. The molecule has 2 N–H and O–H groups in total. The Bertz CT molecular complexity index is 313. The van der Waals surface area contributed by atoms with Gasteiger partial charge in [-0.05, 0) is 18.6 Å². The maximum absolute atomic E-state index is 11.2. The van der Waals surface area contributed by atoms with E-state index in [0.717, 1.165) is 6.42 Å². The van der Waals surface area contributed by atoms with Gasteiger partial charge in [0.1, 0.15) is 5.82 Å². The minimum absolute atomic E-state index is 0.0462. The molecule has 0 aliphatic rings. The zero-order valence-electron chi connectivity index (χ0n) is 8.16. The highest BCUT2D eigenvalue weighted by Crippen LogP contribution is 2.05. The van der Waals surface area contributed by atoms with Gasteiger partial charge in [-0.3, -0.25) is 4.79 Å². The van der Waals surface area contributed by atoms with Crippen LogP contribution in [0.25, 0.3) is 0 Å². The van der Waals surface area contributed by atoms with Crippen LogP contribution in [-0.2, 0) is 11.4 Å². The van der Waals surface area contributed by atoms with E-state index in [0.29, 0.717) is 17.9 Å². The highest BCUT2D eigenvalue weighted by molar-refractivity contribution is 5.89. The molecular weight excluding hydrogens is 180 g/mol. The summed E-state index contributed by atoms with van der Waals surface area (Å²) in [6.45, 7) is 1.83. The minimum Gasteiger partial charge on any atom is -0.390 e. The number of carbonyl (C=O) groups excluding carboxylic acids is 1. The number of hydrogen-bond acceptors (Lipinski definition) is 3. The summed E-state index contributed by atoms with van der Waals surface area (Å²) in [7, 11) is 0. The molecule has 1 rings (SSSR count). The Morgan fingerprint density at radius 1 is 1.57 bits per heavy atom. The molecule has 0 spiro atoms. The van der Waals surface area contributed by atoms with Gasteiger partial charge >= 0.3 is 0 Å². The Hall–Kier alpha value is -1.42. The third-order valence-corrected chi connectivity index (χ3v) is 1.71. The second-order valence-corrected chi connectivity index (χ2v) is 2.97.